The van der Waals surface area contributed by atoms with E-state index in [1.165, 1.54) is 22.5 Å². The van der Waals surface area contributed by atoms with E-state index in [9.17, 15) is 9.59 Å². The quantitative estimate of drug-likeness (QED) is 0.295. The zero-order valence-electron chi connectivity index (χ0n) is 20.0. The molecule has 2 aliphatic heterocycles. The van der Waals surface area contributed by atoms with Crippen molar-refractivity contribution >= 4 is 39.0 Å². The molecule has 1 amide bonds. The highest BCUT2D eigenvalue weighted by atomic mass is 32.1. The second kappa shape index (κ2) is 8.96. The van der Waals surface area contributed by atoms with Crippen molar-refractivity contribution in [2.24, 2.45) is 0 Å². The first-order valence-electron chi connectivity index (χ1n) is 11.9. The van der Waals surface area contributed by atoms with Gasteiger partial charge in [0.05, 0.1) is 36.7 Å². The third kappa shape index (κ3) is 3.88. The van der Waals surface area contributed by atoms with E-state index in [-0.39, 0.29) is 5.91 Å². The summed E-state index contributed by atoms with van der Waals surface area (Å²) >= 11 is 1.67. The number of esters is 1. The molecule has 0 bridgehead atoms. The second-order valence-corrected chi connectivity index (χ2v) is 10.3. The highest BCUT2D eigenvalue weighted by molar-refractivity contribution is 7.16. The van der Waals surface area contributed by atoms with E-state index in [0.29, 0.717) is 17.1 Å². The number of carbonyl (C=O) groups excluding carboxylic acids is 2. The Hall–Kier alpha value is -3.88. The van der Waals surface area contributed by atoms with E-state index in [1.807, 2.05) is 42.5 Å². The molecule has 0 saturated carbocycles. The van der Waals surface area contributed by atoms with Crippen LogP contribution in [0, 0.1) is 0 Å². The van der Waals surface area contributed by atoms with Gasteiger partial charge in [-0.05, 0) is 40.1 Å². The summed E-state index contributed by atoms with van der Waals surface area (Å²) < 4.78 is 11.3. The third-order valence-electron chi connectivity index (χ3n) is 6.87. The molecule has 0 spiro atoms. The number of ether oxygens (including phenoxy) is 2. The minimum Gasteiger partial charge on any atom is -0.493 e. The minimum absolute atomic E-state index is 0.0590. The number of hydrogen-bond donors (Lipinski definition) is 3. The average molecular weight is 501 g/mol. The monoisotopic (exact) mass is 500 g/mol. The first kappa shape index (κ1) is 22.6. The lowest BCUT2D eigenvalue weighted by molar-refractivity contribution is -0.895. The van der Waals surface area contributed by atoms with Crippen molar-refractivity contribution in [3.63, 3.8) is 0 Å². The molecular weight excluding hydrogens is 474 g/mol. The van der Waals surface area contributed by atoms with E-state index in [1.54, 1.807) is 29.5 Å². The summed E-state index contributed by atoms with van der Waals surface area (Å²) in [7, 11) is 3.71. The molecule has 3 N–H and O–H groups in total. The molecule has 0 radical (unpaired) electrons. The molecule has 1 aromatic heterocycles. The zero-order chi connectivity index (χ0) is 24.8. The molecule has 0 aliphatic carbocycles. The number of carbonyl (C=O) groups is 2. The van der Waals surface area contributed by atoms with Gasteiger partial charge in [-0.25, -0.2) is 4.79 Å². The van der Waals surface area contributed by atoms with Gasteiger partial charge in [0.15, 0.2) is 11.5 Å². The highest BCUT2D eigenvalue weighted by Gasteiger charge is 2.34. The summed E-state index contributed by atoms with van der Waals surface area (Å²) in [6, 6.07) is 18.6. The highest BCUT2D eigenvalue weighted by Crippen LogP contribution is 2.40. The number of rotatable bonds is 4. The Morgan fingerprint density at radius 1 is 1.06 bits per heavy atom. The van der Waals surface area contributed by atoms with Crippen molar-refractivity contribution < 1.29 is 24.0 Å². The molecule has 2 aliphatic rings. The maximum atomic E-state index is 13.1. The molecule has 3 aromatic carbocycles. The lowest BCUT2D eigenvalue weighted by Crippen LogP contribution is -3.08. The number of hydrogen-bond acceptors (Lipinski definition) is 6. The summed E-state index contributed by atoms with van der Waals surface area (Å²) in [5, 5.41) is 9.28. The van der Waals surface area contributed by atoms with Gasteiger partial charge in [0.1, 0.15) is 17.7 Å². The predicted molar refractivity (Wildman–Crippen MR) is 139 cm³/mol. The molecule has 36 heavy (non-hydrogen) atoms. The van der Waals surface area contributed by atoms with Crippen LogP contribution in [0.15, 0.2) is 60.7 Å². The van der Waals surface area contributed by atoms with Gasteiger partial charge in [-0.2, -0.15) is 0 Å². The van der Waals surface area contributed by atoms with Gasteiger partial charge >= 0.3 is 5.97 Å². The van der Waals surface area contributed by atoms with Crippen LogP contribution in [0.2, 0.25) is 0 Å². The van der Waals surface area contributed by atoms with Crippen molar-refractivity contribution in [1.82, 2.24) is 5.32 Å². The van der Waals surface area contributed by atoms with Crippen molar-refractivity contribution in [3.8, 4) is 11.5 Å². The summed E-state index contributed by atoms with van der Waals surface area (Å²) in [5.74, 6) is 0.220. The van der Waals surface area contributed by atoms with Gasteiger partial charge < -0.3 is 25.0 Å². The molecule has 0 fully saturated rings. The van der Waals surface area contributed by atoms with Crippen LogP contribution in [0.1, 0.15) is 42.9 Å². The number of thiophene rings is 1. The fraction of sp³-hybridized carbons (Fsp3) is 0.214. The van der Waals surface area contributed by atoms with E-state index >= 15 is 0 Å². The molecule has 1 unspecified atom stereocenters. The van der Waals surface area contributed by atoms with Crippen LogP contribution < -0.4 is 25.0 Å². The fourth-order valence-electron chi connectivity index (χ4n) is 5.01. The molecule has 3 heterocycles. The maximum Gasteiger partial charge on any atom is 0.344 e. The van der Waals surface area contributed by atoms with Crippen molar-refractivity contribution in [1.29, 1.82) is 0 Å². The average Bonchev–Trinajstić information content (AvgIpc) is 3.26. The SMILES string of the molecule is COc1cc([C@@H]2NC(=O)c3c(sc4c3CC[NH+](C)C4)N2)ccc1OC(=O)c1cccc2ccccc12. The standard InChI is InChI=1S/C28H25N3O4S/c1-31-13-12-20-23(15-31)36-27-24(20)26(32)29-25(30-27)17-10-11-21(22(14-17)34-2)35-28(33)19-9-5-7-16-6-3-4-8-18(16)19/h3-11,14,25,30H,12-13,15H2,1-2H3,(H,29,32)/p+1/t25-/m1/s1. The molecule has 7 nitrogen and oxygen atoms in total. The number of benzene rings is 3. The number of nitrogens with one attached hydrogen (secondary N) is 3. The van der Waals surface area contributed by atoms with Crippen LogP contribution in [0.3, 0.4) is 0 Å². The Bertz CT molecular complexity index is 1510. The summed E-state index contributed by atoms with van der Waals surface area (Å²) in [6.45, 7) is 1.97. The number of methoxy groups -OCH3 is 1. The molecule has 4 aromatic rings. The lowest BCUT2D eigenvalue weighted by atomic mass is 10.0. The smallest absolute Gasteiger partial charge is 0.344 e. The number of likely N-dealkylation sites (N-methyl/N-ethyl adjacent to an activating group) is 1. The third-order valence-corrected chi connectivity index (χ3v) is 8.03. The first-order chi connectivity index (χ1) is 17.5. The van der Waals surface area contributed by atoms with Crippen LogP contribution in [0.5, 0.6) is 11.5 Å². The molecule has 2 atom stereocenters. The van der Waals surface area contributed by atoms with E-state index < -0.39 is 12.1 Å². The lowest BCUT2D eigenvalue weighted by Gasteiger charge is -2.27. The van der Waals surface area contributed by atoms with Crippen LogP contribution in [0.4, 0.5) is 5.00 Å². The number of amides is 1. The molecular formula is C28H26N3O4S+. The first-order valence-corrected chi connectivity index (χ1v) is 12.7. The molecule has 182 valence electrons. The molecule has 8 heteroatoms. The Balaban J connectivity index is 1.26. The summed E-state index contributed by atoms with van der Waals surface area (Å²) in [6.07, 6.45) is 0.504. The normalized spacial score (nSPS) is 18.6. The van der Waals surface area contributed by atoms with Crippen LogP contribution in [0.25, 0.3) is 10.8 Å². The van der Waals surface area contributed by atoms with E-state index in [2.05, 4.69) is 17.7 Å². The fourth-order valence-corrected chi connectivity index (χ4v) is 6.39. The largest absolute Gasteiger partial charge is 0.493 e. The zero-order valence-corrected chi connectivity index (χ0v) is 20.8. The van der Waals surface area contributed by atoms with Gasteiger partial charge in [-0.1, -0.05) is 42.5 Å². The maximum absolute atomic E-state index is 13.1. The van der Waals surface area contributed by atoms with Gasteiger partial charge in [0, 0.05) is 6.42 Å². The predicted octanol–water partition coefficient (Wildman–Crippen LogP) is 3.55. The topological polar surface area (TPSA) is 81.1 Å². The van der Waals surface area contributed by atoms with Crippen molar-refractivity contribution in [2.45, 2.75) is 19.1 Å². The number of fused-ring (bicyclic) bond motifs is 4. The number of quaternary nitrogens is 1. The van der Waals surface area contributed by atoms with Gasteiger partial charge in [-0.3, -0.25) is 4.79 Å². The molecule has 6 rings (SSSR count). The summed E-state index contributed by atoms with van der Waals surface area (Å²) in [5.41, 5.74) is 3.26. The van der Waals surface area contributed by atoms with Crippen molar-refractivity contribution in [2.75, 3.05) is 26.0 Å². The van der Waals surface area contributed by atoms with Gasteiger partial charge in [0.2, 0.25) is 0 Å². The summed E-state index contributed by atoms with van der Waals surface area (Å²) in [4.78, 5) is 28.8. The number of anilines is 1. The minimum atomic E-state index is -0.456. The van der Waals surface area contributed by atoms with Gasteiger partial charge in [0.25, 0.3) is 5.91 Å². The Morgan fingerprint density at radius 2 is 1.89 bits per heavy atom. The van der Waals surface area contributed by atoms with E-state index in [4.69, 9.17) is 9.47 Å². The second-order valence-electron chi connectivity index (χ2n) is 9.22. The van der Waals surface area contributed by atoms with Crippen molar-refractivity contribution in [3.05, 3.63) is 87.8 Å². The molecule has 0 saturated heterocycles. The Kier molecular flexibility index (Phi) is 5.62. The van der Waals surface area contributed by atoms with E-state index in [0.717, 1.165) is 46.4 Å². The van der Waals surface area contributed by atoms with Gasteiger partial charge in [-0.15, -0.1) is 11.3 Å². The van der Waals surface area contributed by atoms with Crippen LogP contribution in [-0.2, 0) is 13.0 Å². The Morgan fingerprint density at radius 3 is 2.75 bits per heavy atom. The van der Waals surface area contributed by atoms with Crippen LogP contribution in [-0.4, -0.2) is 32.6 Å². The van der Waals surface area contributed by atoms with Crippen LogP contribution >= 0.6 is 11.3 Å². The Labute approximate surface area is 212 Å².